The predicted molar refractivity (Wildman–Crippen MR) is 76.7 cm³/mol. The lowest BCUT2D eigenvalue weighted by Gasteiger charge is -2.25. The van der Waals surface area contributed by atoms with E-state index in [1.54, 1.807) is 11.1 Å². The second-order valence-corrected chi connectivity index (χ2v) is 5.95. The van der Waals surface area contributed by atoms with Gasteiger partial charge in [-0.2, -0.15) is 0 Å². The standard InChI is InChI=1S/C15H23N3O3/c1-2-13-16-6-8-17(13)7-4-14(20)18-10-12(19)15(11-18)5-3-9-21-15/h6,8,12,19H,2-5,7,9-11H2,1H3/t12-,15-/m0/s1. The Balaban J connectivity index is 1.57. The van der Waals surface area contributed by atoms with Gasteiger partial charge in [0.05, 0.1) is 6.54 Å². The highest BCUT2D eigenvalue weighted by Crippen LogP contribution is 2.35. The Kier molecular flexibility index (Phi) is 3.99. The molecule has 2 atom stereocenters. The van der Waals surface area contributed by atoms with Gasteiger partial charge in [-0.05, 0) is 12.8 Å². The second-order valence-electron chi connectivity index (χ2n) is 5.95. The van der Waals surface area contributed by atoms with Crippen molar-refractivity contribution in [3.63, 3.8) is 0 Å². The summed E-state index contributed by atoms with van der Waals surface area (Å²) in [6.45, 7) is 4.30. The summed E-state index contributed by atoms with van der Waals surface area (Å²) in [4.78, 5) is 18.4. The first kappa shape index (κ1) is 14.5. The average molecular weight is 293 g/mol. The van der Waals surface area contributed by atoms with Gasteiger partial charge in [-0.1, -0.05) is 6.92 Å². The fraction of sp³-hybridized carbons (Fsp3) is 0.733. The van der Waals surface area contributed by atoms with Crippen molar-refractivity contribution in [1.82, 2.24) is 14.5 Å². The van der Waals surface area contributed by atoms with E-state index < -0.39 is 11.7 Å². The number of ether oxygens (including phenoxy) is 1. The zero-order valence-electron chi connectivity index (χ0n) is 12.5. The Labute approximate surface area is 124 Å². The first-order valence-electron chi connectivity index (χ1n) is 7.74. The van der Waals surface area contributed by atoms with E-state index in [2.05, 4.69) is 11.9 Å². The van der Waals surface area contributed by atoms with Crippen LogP contribution in [0, 0.1) is 0 Å². The molecule has 2 fully saturated rings. The SMILES string of the molecule is CCc1nccn1CCC(=O)N1C[C@H](O)[C@]2(CCCO2)C1. The molecule has 1 amide bonds. The minimum atomic E-state index is -0.552. The first-order valence-corrected chi connectivity index (χ1v) is 7.74. The highest BCUT2D eigenvalue weighted by atomic mass is 16.5. The highest BCUT2D eigenvalue weighted by Gasteiger charge is 2.50. The maximum absolute atomic E-state index is 12.4. The third-order valence-electron chi connectivity index (χ3n) is 4.63. The summed E-state index contributed by atoms with van der Waals surface area (Å²) < 4.78 is 7.74. The van der Waals surface area contributed by atoms with Crippen LogP contribution in [0.4, 0.5) is 0 Å². The molecule has 2 aliphatic rings. The third kappa shape index (κ3) is 2.70. The Morgan fingerprint density at radius 2 is 2.48 bits per heavy atom. The fourth-order valence-electron chi connectivity index (χ4n) is 3.40. The van der Waals surface area contributed by atoms with Crippen molar-refractivity contribution in [1.29, 1.82) is 0 Å². The summed E-state index contributed by atoms with van der Waals surface area (Å²) >= 11 is 0. The molecule has 1 spiro atoms. The molecule has 6 nitrogen and oxygen atoms in total. The number of carbonyl (C=O) groups excluding carboxylic acids is 1. The Morgan fingerprint density at radius 1 is 1.62 bits per heavy atom. The van der Waals surface area contributed by atoms with Gasteiger partial charge < -0.3 is 19.3 Å². The summed E-state index contributed by atoms with van der Waals surface area (Å²) in [5.41, 5.74) is -0.501. The number of hydrogen-bond donors (Lipinski definition) is 1. The van der Waals surface area contributed by atoms with E-state index in [0.717, 1.165) is 25.1 Å². The third-order valence-corrected chi connectivity index (χ3v) is 4.63. The normalized spacial score (nSPS) is 28.7. The number of carbonyl (C=O) groups is 1. The molecule has 0 bridgehead atoms. The Bertz CT molecular complexity index is 508. The number of likely N-dealkylation sites (tertiary alicyclic amines) is 1. The molecule has 0 aliphatic carbocycles. The Hall–Kier alpha value is -1.40. The molecule has 0 unspecified atom stereocenters. The van der Waals surface area contributed by atoms with Crippen molar-refractivity contribution in [2.75, 3.05) is 19.7 Å². The topological polar surface area (TPSA) is 67.6 Å². The largest absolute Gasteiger partial charge is 0.388 e. The average Bonchev–Trinajstić information content (AvgIpc) is 3.19. The van der Waals surface area contributed by atoms with E-state index in [-0.39, 0.29) is 5.91 Å². The lowest BCUT2D eigenvalue weighted by molar-refractivity contribution is -0.131. The number of β-amino-alcohol motifs (C(OH)–C–C–N with tert-alkyl or cyclic N) is 1. The van der Waals surface area contributed by atoms with Crippen LogP contribution in [0.15, 0.2) is 12.4 Å². The van der Waals surface area contributed by atoms with E-state index in [0.29, 0.717) is 32.7 Å². The van der Waals surface area contributed by atoms with Gasteiger partial charge in [0.2, 0.25) is 5.91 Å². The maximum Gasteiger partial charge on any atom is 0.224 e. The molecule has 2 aliphatic heterocycles. The smallest absolute Gasteiger partial charge is 0.224 e. The van der Waals surface area contributed by atoms with Crippen LogP contribution in [0.1, 0.15) is 32.0 Å². The molecule has 1 N–H and O–H groups in total. The van der Waals surface area contributed by atoms with Gasteiger partial charge in [0.1, 0.15) is 17.5 Å². The molecule has 0 radical (unpaired) electrons. The zero-order chi connectivity index (χ0) is 14.9. The minimum absolute atomic E-state index is 0.0807. The van der Waals surface area contributed by atoms with E-state index in [9.17, 15) is 9.90 Å². The summed E-state index contributed by atoms with van der Waals surface area (Å²) in [6, 6.07) is 0. The van der Waals surface area contributed by atoms with Gasteiger partial charge in [-0.3, -0.25) is 4.79 Å². The van der Waals surface area contributed by atoms with E-state index >= 15 is 0 Å². The van der Waals surface area contributed by atoms with Crippen LogP contribution >= 0.6 is 0 Å². The van der Waals surface area contributed by atoms with Crippen molar-refractivity contribution >= 4 is 5.91 Å². The van der Waals surface area contributed by atoms with Crippen LogP contribution in [-0.4, -0.2) is 56.9 Å². The molecule has 116 valence electrons. The molecule has 21 heavy (non-hydrogen) atoms. The van der Waals surface area contributed by atoms with Crippen LogP contribution in [0.25, 0.3) is 0 Å². The molecule has 0 saturated carbocycles. The van der Waals surface area contributed by atoms with Crippen LogP contribution < -0.4 is 0 Å². The van der Waals surface area contributed by atoms with Crippen LogP contribution in [0.3, 0.4) is 0 Å². The van der Waals surface area contributed by atoms with Crippen molar-refractivity contribution in [3.8, 4) is 0 Å². The number of imidazole rings is 1. The van der Waals surface area contributed by atoms with Gasteiger partial charge in [0.25, 0.3) is 0 Å². The van der Waals surface area contributed by atoms with Gasteiger partial charge in [0.15, 0.2) is 0 Å². The van der Waals surface area contributed by atoms with Gasteiger partial charge in [-0.25, -0.2) is 4.98 Å². The van der Waals surface area contributed by atoms with Crippen molar-refractivity contribution in [3.05, 3.63) is 18.2 Å². The molecule has 1 aromatic heterocycles. The molecule has 2 saturated heterocycles. The molecule has 6 heteroatoms. The molecular formula is C15H23N3O3. The van der Waals surface area contributed by atoms with E-state index in [4.69, 9.17) is 4.74 Å². The number of amides is 1. The monoisotopic (exact) mass is 293 g/mol. The summed E-state index contributed by atoms with van der Waals surface area (Å²) in [7, 11) is 0. The second kappa shape index (κ2) is 5.77. The van der Waals surface area contributed by atoms with Crippen molar-refractivity contribution in [2.24, 2.45) is 0 Å². The molecule has 3 rings (SSSR count). The molecule has 0 aromatic carbocycles. The first-order chi connectivity index (χ1) is 10.1. The number of aryl methyl sites for hydroxylation is 2. The van der Waals surface area contributed by atoms with Crippen molar-refractivity contribution < 1.29 is 14.6 Å². The lowest BCUT2D eigenvalue weighted by atomic mass is 9.97. The number of aliphatic hydroxyl groups excluding tert-OH is 1. The van der Waals surface area contributed by atoms with Crippen LogP contribution in [-0.2, 0) is 22.5 Å². The van der Waals surface area contributed by atoms with Gasteiger partial charge in [-0.15, -0.1) is 0 Å². The zero-order valence-corrected chi connectivity index (χ0v) is 12.5. The number of hydrogen-bond acceptors (Lipinski definition) is 4. The minimum Gasteiger partial charge on any atom is -0.388 e. The summed E-state index contributed by atoms with van der Waals surface area (Å²) in [5.74, 6) is 1.08. The number of nitrogens with zero attached hydrogens (tertiary/aromatic N) is 3. The molecule has 3 heterocycles. The molecular weight excluding hydrogens is 270 g/mol. The lowest BCUT2D eigenvalue weighted by Crippen LogP contribution is -2.41. The quantitative estimate of drug-likeness (QED) is 0.882. The van der Waals surface area contributed by atoms with E-state index in [1.807, 2.05) is 10.8 Å². The summed E-state index contributed by atoms with van der Waals surface area (Å²) in [6.07, 6.45) is 6.24. The Morgan fingerprint density at radius 3 is 3.19 bits per heavy atom. The van der Waals surface area contributed by atoms with Gasteiger partial charge in [0, 0.05) is 44.9 Å². The fourth-order valence-corrected chi connectivity index (χ4v) is 3.40. The number of aliphatic hydroxyl groups is 1. The summed E-state index contributed by atoms with van der Waals surface area (Å²) in [5, 5.41) is 10.2. The number of rotatable bonds is 4. The van der Waals surface area contributed by atoms with Gasteiger partial charge >= 0.3 is 0 Å². The number of aromatic nitrogens is 2. The van der Waals surface area contributed by atoms with Crippen molar-refractivity contribution in [2.45, 2.75) is 50.9 Å². The van der Waals surface area contributed by atoms with Crippen LogP contribution in [0.5, 0.6) is 0 Å². The van der Waals surface area contributed by atoms with Crippen LogP contribution in [0.2, 0.25) is 0 Å². The highest BCUT2D eigenvalue weighted by molar-refractivity contribution is 5.76. The van der Waals surface area contributed by atoms with E-state index in [1.165, 1.54) is 0 Å². The molecule has 1 aromatic rings. The maximum atomic E-state index is 12.4. The predicted octanol–water partition coefficient (Wildman–Crippen LogP) is 0.588.